The first kappa shape index (κ1) is 22.2. The molecule has 2 heterocycles. The van der Waals surface area contributed by atoms with Crippen LogP contribution in [-0.4, -0.2) is 15.6 Å². The number of hydrogen-bond donors (Lipinski definition) is 1. The molecule has 3 aromatic carbocycles. The van der Waals surface area contributed by atoms with Crippen molar-refractivity contribution in [3.8, 4) is 0 Å². The fraction of sp³-hybridized carbons (Fsp3) is 0.143. The van der Waals surface area contributed by atoms with Gasteiger partial charge in [-0.3, -0.25) is 4.79 Å². The predicted molar refractivity (Wildman–Crippen MR) is 139 cm³/mol. The summed E-state index contributed by atoms with van der Waals surface area (Å²) in [6.45, 7) is 4.54. The van der Waals surface area contributed by atoms with Crippen molar-refractivity contribution in [2.45, 2.75) is 26.8 Å². The summed E-state index contributed by atoms with van der Waals surface area (Å²) < 4.78 is 16.5. The zero-order chi connectivity index (χ0) is 23.7. The highest BCUT2D eigenvalue weighted by Crippen LogP contribution is 2.33. The zero-order valence-corrected chi connectivity index (χ0v) is 19.8. The second kappa shape index (κ2) is 9.31. The average molecular weight is 470 g/mol. The van der Waals surface area contributed by atoms with Gasteiger partial charge in [-0.05, 0) is 61.0 Å². The van der Waals surface area contributed by atoms with Gasteiger partial charge < -0.3 is 9.88 Å². The minimum Gasteiger partial charge on any atom is -0.340 e. The van der Waals surface area contributed by atoms with Gasteiger partial charge in [-0.25, -0.2) is 9.38 Å². The van der Waals surface area contributed by atoms with E-state index in [0.717, 1.165) is 34.3 Å². The van der Waals surface area contributed by atoms with E-state index < -0.39 is 0 Å². The lowest BCUT2D eigenvalue weighted by atomic mass is 10.1. The maximum atomic E-state index is 14.4. The van der Waals surface area contributed by atoms with Crippen LogP contribution in [0.25, 0.3) is 17.0 Å². The van der Waals surface area contributed by atoms with Gasteiger partial charge in [0.2, 0.25) is 0 Å². The molecule has 0 spiro atoms. The highest BCUT2D eigenvalue weighted by molar-refractivity contribution is 8.18. The number of rotatable bonds is 5. The van der Waals surface area contributed by atoms with Gasteiger partial charge in [-0.2, -0.15) is 0 Å². The van der Waals surface area contributed by atoms with Gasteiger partial charge in [0.15, 0.2) is 5.17 Å². The summed E-state index contributed by atoms with van der Waals surface area (Å²) in [5.41, 5.74) is 5.61. The number of nitrogens with one attached hydrogen (secondary N) is 1. The molecule has 4 aromatic rings. The highest BCUT2D eigenvalue weighted by Gasteiger charge is 2.25. The third-order valence-corrected chi connectivity index (χ3v) is 6.98. The number of fused-ring (bicyclic) bond motifs is 1. The quantitative estimate of drug-likeness (QED) is 0.335. The number of amides is 1. The molecule has 1 amide bonds. The smallest absolute Gasteiger partial charge is 0.264 e. The van der Waals surface area contributed by atoms with Crippen molar-refractivity contribution in [2.75, 3.05) is 0 Å². The molecule has 0 radical (unpaired) electrons. The standard InChI is InChI=1S/C28H24FN3OS/c1-3-19-12-14-21(15-13-19)30-28-31-27(33)26(34-28)16-23-18(2)32(25-11-7-5-9-22(23)25)17-20-8-4-6-10-24(20)29/h4-16H,3,17H2,1-2H3,(H,30,31,33)/b26-16-. The Hall–Kier alpha value is -3.64. The van der Waals surface area contributed by atoms with E-state index in [1.165, 1.54) is 23.4 Å². The van der Waals surface area contributed by atoms with Crippen LogP contribution in [0.3, 0.4) is 0 Å². The summed E-state index contributed by atoms with van der Waals surface area (Å²) in [6, 6.07) is 22.9. The normalized spacial score (nSPS) is 16.0. The van der Waals surface area contributed by atoms with Crippen molar-refractivity contribution in [3.05, 3.63) is 106 Å². The molecule has 34 heavy (non-hydrogen) atoms. The van der Waals surface area contributed by atoms with Gasteiger partial charge in [0.1, 0.15) is 5.82 Å². The molecule has 1 aliphatic heterocycles. The summed E-state index contributed by atoms with van der Waals surface area (Å²) >= 11 is 1.33. The van der Waals surface area contributed by atoms with Crippen molar-refractivity contribution >= 4 is 45.5 Å². The Morgan fingerprint density at radius 3 is 2.53 bits per heavy atom. The minimum absolute atomic E-state index is 0.167. The van der Waals surface area contributed by atoms with E-state index >= 15 is 0 Å². The molecule has 0 aliphatic carbocycles. The Labute approximate surface area is 202 Å². The molecular formula is C28H24FN3OS. The Bertz CT molecular complexity index is 1450. The Balaban J connectivity index is 1.50. The number of aryl methyl sites for hydroxylation is 1. The van der Waals surface area contributed by atoms with Crippen LogP contribution in [0.4, 0.5) is 10.1 Å². The summed E-state index contributed by atoms with van der Waals surface area (Å²) in [4.78, 5) is 17.9. The molecule has 6 heteroatoms. The molecule has 0 saturated carbocycles. The lowest BCUT2D eigenvalue weighted by Crippen LogP contribution is -2.19. The van der Waals surface area contributed by atoms with E-state index in [4.69, 9.17) is 0 Å². The minimum atomic E-state index is -0.224. The van der Waals surface area contributed by atoms with Crippen LogP contribution in [-0.2, 0) is 17.8 Å². The fourth-order valence-corrected chi connectivity index (χ4v) is 5.00. The second-order valence-electron chi connectivity index (χ2n) is 8.20. The van der Waals surface area contributed by atoms with Crippen LogP contribution in [0.15, 0.2) is 82.7 Å². The summed E-state index contributed by atoms with van der Waals surface area (Å²) in [5.74, 6) is -0.391. The monoisotopic (exact) mass is 469 g/mol. The summed E-state index contributed by atoms with van der Waals surface area (Å²) in [5, 5.41) is 4.46. The molecule has 5 rings (SSSR count). The number of aliphatic imine (C=N–C) groups is 1. The van der Waals surface area contributed by atoms with Gasteiger partial charge >= 0.3 is 0 Å². The number of carbonyl (C=O) groups excluding carboxylic acids is 1. The Kier molecular flexibility index (Phi) is 6.07. The van der Waals surface area contributed by atoms with Gasteiger partial charge in [0, 0.05) is 27.7 Å². The molecule has 4 nitrogen and oxygen atoms in total. The molecule has 1 aromatic heterocycles. The maximum absolute atomic E-state index is 14.4. The SMILES string of the molecule is CCc1ccc(N=C2NC(=O)/C(=C/c3c(C)n(Cc4ccccc4F)c4ccccc34)S2)cc1. The molecular weight excluding hydrogens is 445 g/mol. The Morgan fingerprint density at radius 1 is 1.03 bits per heavy atom. The number of para-hydroxylation sites is 1. The summed E-state index contributed by atoms with van der Waals surface area (Å²) in [7, 11) is 0. The van der Waals surface area contributed by atoms with E-state index in [1.807, 2.05) is 67.6 Å². The molecule has 1 N–H and O–H groups in total. The topological polar surface area (TPSA) is 46.4 Å². The van der Waals surface area contributed by atoms with Crippen molar-refractivity contribution in [3.63, 3.8) is 0 Å². The number of halogens is 1. The third-order valence-electron chi connectivity index (χ3n) is 6.07. The largest absolute Gasteiger partial charge is 0.340 e. The number of carbonyl (C=O) groups is 1. The number of amidine groups is 1. The fourth-order valence-electron chi connectivity index (χ4n) is 4.18. The van der Waals surface area contributed by atoms with E-state index in [-0.39, 0.29) is 11.7 Å². The number of aromatic nitrogens is 1. The van der Waals surface area contributed by atoms with Crippen LogP contribution in [0.5, 0.6) is 0 Å². The molecule has 1 saturated heterocycles. The van der Waals surface area contributed by atoms with E-state index in [0.29, 0.717) is 22.2 Å². The van der Waals surface area contributed by atoms with Gasteiger partial charge in [0.25, 0.3) is 5.91 Å². The van der Waals surface area contributed by atoms with E-state index in [1.54, 1.807) is 12.1 Å². The van der Waals surface area contributed by atoms with Gasteiger partial charge in [-0.15, -0.1) is 0 Å². The highest BCUT2D eigenvalue weighted by atomic mass is 32.2. The first-order chi connectivity index (χ1) is 16.5. The average Bonchev–Trinajstić information content (AvgIpc) is 3.32. The second-order valence-corrected chi connectivity index (χ2v) is 9.23. The van der Waals surface area contributed by atoms with Gasteiger partial charge in [0.05, 0.1) is 17.1 Å². The number of thioether (sulfide) groups is 1. The number of benzene rings is 3. The lowest BCUT2D eigenvalue weighted by molar-refractivity contribution is -0.115. The molecule has 0 unspecified atom stereocenters. The van der Waals surface area contributed by atoms with Crippen molar-refractivity contribution in [2.24, 2.45) is 4.99 Å². The lowest BCUT2D eigenvalue weighted by Gasteiger charge is -2.09. The third kappa shape index (κ3) is 4.29. The predicted octanol–water partition coefficient (Wildman–Crippen LogP) is 6.59. The van der Waals surface area contributed by atoms with Crippen LogP contribution < -0.4 is 5.32 Å². The molecule has 170 valence electrons. The first-order valence-electron chi connectivity index (χ1n) is 11.2. The van der Waals surface area contributed by atoms with Crippen LogP contribution in [0.1, 0.15) is 29.3 Å². The van der Waals surface area contributed by atoms with E-state index in [9.17, 15) is 9.18 Å². The first-order valence-corrected chi connectivity index (χ1v) is 12.0. The van der Waals surface area contributed by atoms with Gasteiger partial charge in [-0.1, -0.05) is 55.5 Å². The maximum Gasteiger partial charge on any atom is 0.264 e. The number of hydrogen-bond acceptors (Lipinski definition) is 3. The Morgan fingerprint density at radius 2 is 1.76 bits per heavy atom. The zero-order valence-electron chi connectivity index (χ0n) is 19.0. The molecule has 1 fully saturated rings. The van der Waals surface area contributed by atoms with Crippen molar-refractivity contribution in [1.29, 1.82) is 0 Å². The summed E-state index contributed by atoms with van der Waals surface area (Å²) in [6.07, 6.45) is 2.89. The van der Waals surface area contributed by atoms with Crippen LogP contribution in [0.2, 0.25) is 0 Å². The van der Waals surface area contributed by atoms with Crippen molar-refractivity contribution in [1.82, 2.24) is 9.88 Å². The molecule has 0 atom stereocenters. The molecule has 1 aliphatic rings. The van der Waals surface area contributed by atoms with Crippen molar-refractivity contribution < 1.29 is 9.18 Å². The number of nitrogens with zero attached hydrogens (tertiary/aromatic N) is 2. The molecule has 0 bridgehead atoms. The van der Waals surface area contributed by atoms with E-state index in [2.05, 4.69) is 21.8 Å². The van der Waals surface area contributed by atoms with Crippen LogP contribution >= 0.6 is 11.8 Å². The van der Waals surface area contributed by atoms with Crippen LogP contribution in [0, 0.1) is 12.7 Å².